The van der Waals surface area contributed by atoms with Crippen LogP contribution in [0, 0.1) is 5.41 Å². The minimum atomic E-state index is 0.411. The predicted molar refractivity (Wildman–Crippen MR) is 89.1 cm³/mol. The third-order valence-electron chi connectivity index (χ3n) is 4.54. The zero-order chi connectivity index (χ0) is 15.6. The first-order valence-corrected chi connectivity index (χ1v) is 8.18. The lowest BCUT2D eigenvalue weighted by Gasteiger charge is -2.36. The normalized spacial score (nSPS) is 24.3. The summed E-state index contributed by atoms with van der Waals surface area (Å²) in [6.07, 6.45) is 4.83. The Bertz CT molecular complexity index is 519. The molecule has 6 heteroatoms. The molecule has 1 saturated heterocycles. The molecule has 1 N–H and O–H groups in total. The van der Waals surface area contributed by atoms with Gasteiger partial charge in [0.25, 0.3) is 0 Å². The molecule has 0 aromatic carbocycles. The van der Waals surface area contributed by atoms with Crippen LogP contribution in [0.1, 0.15) is 27.2 Å². The number of guanidine groups is 1. The van der Waals surface area contributed by atoms with Crippen molar-refractivity contribution in [2.24, 2.45) is 10.4 Å². The van der Waals surface area contributed by atoms with E-state index >= 15 is 0 Å². The van der Waals surface area contributed by atoms with Crippen molar-refractivity contribution in [3.05, 3.63) is 18.5 Å². The van der Waals surface area contributed by atoms with Gasteiger partial charge in [-0.2, -0.15) is 0 Å². The van der Waals surface area contributed by atoms with E-state index < -0.39 is 0 Å². The van der Waals surface area contributed by atoms with Crippen LogP contribution >= 0.6 is 0 Å². The maximum Gasteiger partial charge on any atom is 0.225 e. The molecule has 0 spiro atoms. The first-order valence-electron chi connectivity index (χ1n) is 8.18. The van der Waals surface area contributed by atoms with Crippen molar-refractivity contribution in [2.45, 2.75) is 33.2 Å². The largest absolute Gasteiger partial charge is 0.353 e. The van der Waals surface area contributed by atoms with Crippen LogP contribution in [0.15, 0.2) is 23.5 Å². The van der Waals surface area contributed by atoms with E-state index in [-0.39, 0.29) is 0 Å². The number of aliphatic imine (C=N–C) groups is 1. The molecule has 1 atom stereocenters. The topological polar surface area (TPSA) is 56.7 Å². The third-order valence-corrected chi connectivity index (χ3v) is 4.54. The molecule has 0 bridgehead atoms. The minimum Gasteiger partial charge on any atom is -0.353 e. The van der Waals surface area contributed by atoms with Crippen LogP contribution in [0.3, 0.4) is 0 Å². The fourth-order valence-corrected chi connectivity index (χ4v) is 2.83. The molecule has 2 aliphatic rings. The predicted octanol–water partition coefficient (Wildman–Crippen LogP) is 1.36. The van der Waals surface area contributed by atoms with Gasteiger partial charge in [0, 0.05) is 51.2 Å². The van der Waals surface area contributed by atoms with Gasteiger partial charge >= 0.3 is 0 Å². The molecule has 1 aromatic rings. The molecular weight excluding hydrogens is 276 g/mol. The second-order valence-corrected chi connectivity index (χ2v) is 6.71. The van der Waals surface area contributed by atoms with E-state index in [0.717, 1.165) is 44.6 Å². The van der Waals surface area contributed by atoms with Crippen molar-refractivity contribution in [3.8, 4) is 0 Å². The van der Waals surface area contributed by atoms with E-state index in [2.05, 4.69) is 50.8 Å². The van der Waals surface area contributed by atoms with Gasteiger partial charge in [-0.1, -0.05) is 13.8 Å². The number of piperazine rings is 1. The number of anilines is 1. The Hall–Kier alpha value is -1.85. The zero-order valence-electron chi connectivity index (χ0n) is 13.8. The van der Waals surface area contributed by atoms with Gasteiger partial charge in [0.1, 0.15) is 0 Å². The van der Waals surface area contributed by atoms with Crippen molar-refractivity contribution in [2.75, 3.05) is 37.6 Å². The lowest BCUT2D eigenvalue weighted by Crippen LogP contribution is -2.53. The first kappa shape index (κ1) is 15.1. The summed E-state index contributed by atoms with van der Waals surface area (Å²) in [6, 6.07) is 2.42. The summed E-state index contributed by atoms with van der Waals surface area (Å²) >= 11 is 0. The second-order valence-electron chi connectivity index (χ2n) is 6.71. The molecule has 1 aromatic heterocycles. The highest BCUT2D eigenvalue weighted by Gasteiger charge is 2.46. The molecule has 1 saturated carbocycles. The smallest absolute Gasteiger partial charge is 0.225 e. The second kappa shape index (κ2) is 6.10. The molecule has 22 heavy (non-hydrogen) atoms. The standard InChI is InChI=1S/C16H26N6/c1-4-17-15(20-13-12-16(13,2)3)22-10-8-21(9-11-22)14-18-6-5-7-19-14/h5-7,13H,4,8-12H2,1-3H3,(H,17,20). The van der Waals surface area contributed by atoms with Crippen LogP contribution in [0.4, 0.5) is 5.95 Å². The van der Waals surface area contributed by atoms with Crippen molar-refractivity contribution in [1.29, 1.82) is 0 Å². The number of nitrogens with one attached hydrogen (secondary N) is 1. The van der Waals surface area contributed by atoms with Crippen LogP contribution in [-0.2, 0) is 0 Å². The molecule has 120 valence electrons. The molecule has 3 rings (SSSR count). The van der Waals surface area contributed by atoms with Gasteiger partial charge in [-0.15, -0.1) is 0 Å². The average molecular weight is 302 g/mol. The molecular formula is C16H26N6. The Morgan fingerprint density at radius 1 is 1.27 bits per heavy atom. The highest BCUT2D eigenvalue weighted by Crippen LogP contribution is 2.44. The van der Waals surface area contributed by atoms with E-state index in [4.69, 9.17) is 0 Å². The Morgan fingerprint density at radius 3 is 2.45 bits per heavy atom. The van der Waals surface area contributed by atoms with E-state index in [1.54, 1.807) is 12.4 Å². The molecule has 1 aliphatic carbocycles. The van der Waals surface area contributed by atoms with Gasteiger partial charge in [-0.05, 0) is 24.8 Å². The van der Waals surface area contributed by atoms with Gasteiger partial charge in [0.2, 0.25) is 5.95 Å². The van der Waals surface area contributed by atoms with E-state index in [9.17, 15) is 0 Å². The van der Waals surface area contributed by atoms with Crippen LogP contribution in [0.5, 0.6) is 0 Å². The quantitative estimate of drug-likeness (QED) is 0.675. The SMILES string of the molecule is CCN=C(NC1CC1(C)C)N1CCN(c2ncccn2)CC1. The molecule has 6 nitrogen and oxygen atoms in total. The molecule has 1 unspecified atom stereocenters. The summed E-state index contributed by atoms with van der Waals surface area (Å²) in [7, 11) is 0. The summed E-state index contributed by atoms with van der Waals surface area (Å²) in [4.78, 5) is 17.9. The maximum absolute atomic E-state index is 4.67. The Labute approximate surface area is 132 Å². The first-order chi connectivity index (χ1) is 10.6. The number of aromatic nitrogens is 2. The van der Waals surface area contributed by atoms with E-state index in [1.165, 1.54) is 6.42 Å². The van der Waals surface area contributed by atoms with E-state index in [0.29, 0.717) is 11.5 Å². The van der Waals surface area contributed by atoms with Crippen molar-refractivity contribution in [1.82, 2.24) is 20.2 Å². The molecule has 0 amide bonds. The third kappa shape index (κ3) is 3.31. The zero-order valence-corrected chi connectivity index (χ0v) is 13.8. The Balaban J connectivity index is 1.58. The minimum absolute atomic E-state index is 0.411. The van der Waals surface area contributed by atoms with Crippen LogP contribution in [0.25, 0.3) is 0 Å². The van der Waals surface area contributed by atoms with Crippen LogP contribution in [0.2, 0.25) is 0 Å². The van der Waals surface area contributed by atoms with Crippen molar-refractivity contribution in [3.63, 3.8) is 0 Å². The Kier molecular flexibility index (Phi) is 4.18. The number of hydrogen-bond acceptors (Lipinski definition) is 4. The summed E-state index contributed by atoms with van der Waals surface area (Å²) < 4.78 is 0. The molecule has 1 aliphatic heterocycles. The van der Waals surface area contributed by atoms with Gasteiger partial charge in [-0.25, -0.2) is 9.97 Å². The van der Waals surface area contributed by atoms with E-state index in [1.807, 2.05) is 6.07 Å². The molecule has 2 heterocycles. The summed E-state index contributed by atoms with van der Waals surface area (Å²) in [5, 5.41) is 3.63. The number of nitrogens with zero attached hydrogens (tertiary/aromatic N) is 5. The highest BCUT2D eigenvalue weighted by molar-refractivity contribution is 5.81. The highest BCUT2D eigenvalue weighted by atomic mass is 15.4. The average Bonchev–Trinajstić information content (AvgIpc) is 3.14. The summed E-state index contributed by atoms with van der Waals surface area (Å²) in [6.45, 7) is 11.3. The summed E-state index contributed by atoms with van der Waals surface area (Å²) in [5.41, 5.74) is 0.411. The molecule has 2 fully saturated rings. The van der Waals surface area contributed by atoms with Crippen LogP contribution < -0.4 is 10.2 Å². The van der Waals surface area contributed by atoms with Gasteiger partial charge < -0.3 is 15.1 Å². The van der Waals surface area contributed by atoms with Crippen molar-refractivity contribution < 1.29 is 0 Å². The van der Waals surface area contributed by atoms with Crippen LogP contribution in [-0.4, -0.2) is 59.6 Å². The van der Waals surface area contributed by atoms with Gasteiger partial charge in [0.15, 0.2) is 5.96 Å². The fourth-order valence-electron chi connectivity index (χ4n) is 2.83. The monoisotopic (exact) mass is 302 g/mol. The van der Waals surface area contributed by atoms with Gasteiger partial charge in [0.05, 0.1) is 0 Å². The lowest BCUT2D eigenvalue weighted by molar-refractivity contribution is 0.366. The van der Waals surface area contributed by atoms with Gasteiger partial charge in [-0.3, -0.25) is 4.99 Å². The maximum atomic E-state index is 4.67. The fraction of sp³-hybridized carbons (Fsp3) is 0.688. The van der Waals surface area contributed by atoms with Crippen molar-refractivity contribution >= 4 is 11.9 Å². The number of hydrogen-bond donors (Lipinski definition) is 1. The number of rotatable bonds is 3. The summed E-state index contributed by atoms with van der Waals surface area (Å²) in [5.74, 6) is 1.89. The molecule has 0 radical (unpaired) electrons. The Morgan fingerprint density at radius 2 is 1.91 bits per heavy atom. The lowest BCUT2D eigenvalue weighted by atomic mass is 10.2.